The van der Waals surface area contributed by atoms with Crippen LogP contribution < -0.4 is 5.32 Å². The van der Waals surface area contributed by atoms with Gasteiger partial charge in [0, 0.05) is 11.3 Å². The second-order valence-corrected chi connectivity index (χ2v) is 6.81. The third-order valence-corrected chi connectivity index (χ3v) is 4.89. The molecule has 0 aliphatic carbocycles. The van der Waals surface area contributed by atoms with Crippen LogP contribution >= 0.6 is 11.8 Å². The molecule has 0 saturated heterocycles. The number of hydrogen-bond acceptors (Lipinski definition) is 5. The zero-order valence-electron chi connectivity index (χ0n) is 15.2. The number of aromatic nitrogens is 2. The Hall–Kier alpha value is -2.67. The number of hydrogen-bond donors (Lipinski definition) is 1. The van der Waals surface area contributed by atoms with Crippen LogP contribution in [0.25, 0.3) is 11.5 Å². The minimum atomic E-state index is -0.374. The molecule has 0 atom stereocenters. The average molecular weight is 385 g/mol. The molecule has 0 unspecified atom stereocenters. The van der Waals surface area contributed by atoms with Gasteiger partial charge < -0.3 is 9.73 Å². The van der Waals surface area contributed by atoms with E-state index in [1.54, 1.807) is 12.1 Å². The summed E-state index contributed by atoms with van der Waals surface area (Å²) in [5.74, 6) is -0.143. The Morgan fingerprint density at radius 1 is 1.11 bits per heavy atom. The van der Waals surface area contributed by atoms with Gasteiger partial charge in [0.1, 0.15) is 5.82 Å². The van der Waals surface area contributed by atoms with Crippen LogP contribution in [-0.2, 0) is 17.6 Å². The van der Waals surface area contributed by atoms with Gasteiger partial charge in [-0.25, -0.2) is 4.39 Å². The first kappa shape index (κ1) is 19.1. The number of anilines is 1. The van der Waals surface area contributed by atoms with Crippen LogP contribution in [0.5, 0.6) is 0 Å². The third kappa shape index (κ3) is 4.74. The summed E-state index contributed by atoms with van der Waals surface area (Å²) >= 11 is 1.15. The van der Waals surface area contributed by atoms with E-state index in [-0.39, 0.29) is 28.6 Å². The molecule has 1 heterocycles. The van der Waals surface area contributed by atoms with E-state index in [0.717, 1.165) is 41.4 Å². The van der Waals surface area contributed by atoms with Crippen LogP contribution in [0.2, 0.25) is 0 Å². The molecule has 1 aromatic heterocycles. The number of carbonyl (C=O) groups excluding carboxylic acids is 1. The number of nitrogens with zero attached hydrogens (tertiary/aromatic N) is 2. The Kier molecular flexibility index (Phi) is 6.24. The van der Waals surface area contributed by atoms with Crippen molar-refractivity contribution < 1.29 is 13.6 Å². The van der Waals surface area contributed by atoms with E-state index < -0.39 is 0 Å². The number of halogens is 1. The van der Waals surface area contributed by atoms with E-state index in [1.807, 2.05) is 18.2 Å². The molecule has 27 heavy (non-hydrogen) atoms. The van der Waals surface area contributed by atoms with E-state index in [1.165, 1.54) is 12.1 Å². The maximum absolute atomic E-state index is 13.3. The molecule has 0 radical (unpaired) electrons. The Labute approximate surface area is 161 Å². The number of nitrogens with one attached hydrogen (secondary N) is 1. The molecular weight excluding hydrogens is 365 g/mol. The fraction of sp³-hybridized carbons (Fsp3) is 0.250. The molecule has 1 amide bonds. The summed E-state index contributed by atoms with van der Waals surface area (Å²) in [6.45, 7) is 4.12. The predicted molar refractivity (Wildman–Crippen MR) is 104 cm³/mol. The molecule has 0 bridgehead atoms. The summed E-state index contributed by atoms with van der Waals surface area (Å²) in [5, 5.41) is 11.1. The minimum absolute atomic E-state index is 0.138. The number of thioether (sulfide) groups is 1. The van der Waals surface area contributed by atoms with Crippen LogP contribution in [0.3, 0.4) is 0 Å². The van der Waals surface area contributed by atoms with Crippen LogP contribution in [0.15, 0.2) is 52.1 Å². The first-order valence-electron chi connectivity index (χ1n) is 8.73. The molecule has 3 rings (SSSR count). The number of carbonyl (C=O) groups is 1. The standard InChI is InChI=1S/C20H20FN3O2S/c1-3-13-7-5-8-14(4-2)18(13)22-17(25)12-27-20-24-23-19(26-20)15-9-6-10-16(21)11-15/h5-11H,3-4,12H2,1-2H3,(H,22,25). The topological polar surface area (TPSA) is 68.0 Å². The van der Waals surface area contributed by atoms with E-state index in [4.69, 9.17) is 4.42 Å². The maximum atomic E-state index is 13.3. The van der Waals surface area contributed by atoms with Gasteiger partial charge in [0.25, 0.3) is 5.22 Å². The van der Waals surface area contributed by atoms with Crippen LogP contribution in [0, 0.1) is 5.82 Å². The Balaban J connectivity index is 1.64. The Morgan fingerprint density at radius 3 is 2.48 bits per heavy atom. The molecule has 0 fully saturated rings. The molecule has 0 aliphatic rings. The van der Waals surface area contributed by atoms with Crippen molar-refractivity contribution in [1.82, 2.24) is 10.2 Å². The van der Waals surface area contributed by atoms with Gasteiger partial charge in [-0.2, -0.15) is 0 Å². The summed E-state index contributed by atoms with van der Waals surface area (Å²) in [6.07, 6.45) is 1.69. The monoisotopic (exact) mass is 385 g/mol. The molecule has 2 aromatic carbocycles. The lowest BCUT2D eigenvalue weighted by atomic mass is 10.0. The summed E-state index contributed by atoms with van der Waals surface area (Å²) in [6, 6.07) is 12.0. The zero-order valence-corrected chi connectivity index (χ0v) is 16.0. The van der Waals surface area contributed by atoms with Crippen molar-refractivity contribution in [2.75, 3.05) is 11.1 Å². The van der Waals surface area contributed by atoms with Crippen molar-refractivity contribution >= 4 is 23.4 Å². The summed E-state index contributed by atoms with van der Waals surface area (Å²) < 4.78 is 18.8. The zero-order chi connectivity index (χ0) is 19.2. The quantitative estimate of drug-likeness (QED) is 0.596. The Morgan fingerprint density at radius 2 is 1.81 bits per heavy atom. The van der Waals surface area contributed by atoms with Crippen molar-refractivity contribution in [1.29, 1.82) is 0 Å². The van der Waals surface area contributed by atoms with E-state index in [9.17, 15) is 9.18 Å². The highest BCUT2D eigenvalue weighted by Gasteiger charge is 2.14. The van der Waals surface area contributed by atoms with Crippen LogP contribution in [0.4, 0.5) is 10.1 Å². The normalized spacial score (nSPS) is 10.8. The van der Waals surface area contributed by atoms with Gasteiger partial charge in [0.2, 0.25) is 11.8 Å². The molecule has 7 heteroatoms. The lowest BCUT2D eigenvalue weighted by Gasteiger charge is -2.13. The van der Waals surface area contributed by atoms with E-state index in [2.05, 4.69) is 29.4 Å². The van der Waals surface area contributed by atoms with Crippen molar-refractivity contribution in [2.24, 2.45) is 0 Å². The van der Waals surface area contributed by atoms with E-state index in [0.29, 0.717) is 5.56 Å². The first-order valence-corrected chi connectivity index (χ1v) is 9.72. The van der Waals surface area contributed by atoms with Crippen molar-refractivity contribution in [3.05, 3.63) is 59.4 Å². The maximum Gasteiger partial charge on any atom is 0.277 e. The summed E-state index contributed by atoms with van der Waals surface area (Å²) in [4.78, 5) is 12.4. The molecular formula is C20H20FN3O2S. The van der Waals surface area contributed by atoms with Crippen LogP contribution in [0.1, 0.15) is 25.0 Å². The van der Waals surface area contributed by atoms with Gasteiger partial charge >= 0.3 is 0 Å². The van der Waals surface area contributed by atoms with E-state index >= 15 is 0 Å². The lowest BCUT2D eigenvalue weighted by molar-refractivity contribution is -0.113. The molecule has 0 aliphatic heterocycles. The lowest BCUT2D eigenvalue weighted by Crippen LogP contribution is -2.16. The number of rotatable bonds is 7. The molecule has 3 aromatic rings. The predicted octanol–water partition coefficient (Wildman–Crippen LogP) is 4.73. The fourth-order valence-corrected chi connectivity index (χ4v) is 3.28. The second kappa shape index (κ2) is 8.81. The van der Waals surface area contributed by atoms with Gasteiger partial charge in [0.05, 0.1) is 5.75 Å². The van der Waals surface area contributed by atoms with Gasteiger partial charge in [-0.15, -0.1) is 10.2 Å². The number of amides is 1. The molecule has 0 spiro atoms. The second-order valence-electron chi connectivity index (χ2n) is 5.88. The highest BCUT2D eigenvalue weighted by atomic mass is 32.2. The van der Waals surface area contributed by atoms with Gasteiger partial charge in [-0.05, 0) is 42.2 Å². The van der Waals surface area contributed by atoms with Crippen molar-refractivity contribution in [2.45, 2.75) is 31.9 Å². The SMILES string of the molecule is CCc1cccc(CC)c1NC(=O)CSc1nnc(-c2cccc(F)c2)o1. The summed E-state index contributed by atoms with van der Waals surface area (Å²) in [5.41, 5.74) is 3.61. The highest BCUT2D eigenvalue weighted by Crippen LogP contribution is 2.25. The summed E-state index contributed by atoms with van der Waals surface area (Å²) in [7, 11) is 0. The Bertz CT molecular complexity index is 920. The molecule has 0 saturated carbocycles. The van der Waals surface area contributed by atoms with Crippen molar-refractivity contribution in [3.8, 4) is 11.5 Å². The van der Waals surface area contributed by atoms with Crippen LogP contribution in [-0.4, -0.2) is 21.9 Å². The molecule has 5 nitrogen and oxygen atoms in total. The third-order valence-electron chi connectivity index (χ3n) is 4.07. The number of aryl methyl sites for hydroxylation is 2. The van der Waals surface area contributed by atoms with Gasteiger partial charge in [-0.1, -0.05) is 49.9 Å². The largest absolute Gasteiger partial charge is 0.411 e. The molecule has 140 valence electrons. The minimum Gasteiger partial charge on any atom is -0.411 e. The smallest absolute Gasteiger partial charge is 0.277 e. The fourth-order valence-electron chi connectivity index (χ4n) is 2.71. The van der Waals surface area contributed by atoms with Crippen molar-refractivity contribution in [3.63, 3.8) is 0 Å². The van der Waals surface area contributed by atoms with Gasteiger partial charge in [-0.3, -0.25) is 4.79 Å². The van der Waals surface area contributed by atoms with Gasteiger partial charge in [0.15, 0.2) is 0 Å². The first-order chi connectivity index (χ1) is 13.1. The average Bonchev–Trinajstić information content (AvgIpc) is 3.15. The molecule has 1 N–H and O–H groups in total. The number of para-hydroxylation sites is 1. The number of benzene rings is 2. The highest BCUT2D eigenvalue weighted by molar-refractivity contribution is 7.99.